The minimum absolute atomic E-state index is 0.121. The van der Waals surface area contributed by atoms with Gasteiger partial charge in [-0.2, -0.15) is 0 Å². The van der Waals surface area contributed by atoms with Crippen LogP contribution >= 0.6 is 0 Å². The van der Waals surface area contributed by atoms with Gasteiger partial charge in [0.2, 0.25) is 0 Å². The molecule has 1 fully saturated rings. The summed E-state index contributed by atoms with van der Waals surface area (Å²) in [4.78, 5) is 12.8. The van der Waals surface area contributed by atoms with Gasteiger partial charge in [0.05, 0.1) is 19.8 Å². The molecule has 9 heteroatoms. The number of aliphatic hydroxyl groups excluding tert-OH is 4. The van der Waals surface area contributed by atoms with Crippen LogP contribution in [0, 0.1) is 0 Å². The van der Waals surface area contributed by atoms with E-state index < -0.39 is 43.4 Å². The minimum atomic E-state index is -1.54. The normalized spacial score (nSPS) is 20.4. The monoisotopic (exact) mass is 849 g/mol. The van der Waals surface area contributed by atoms with Crippen LogP contribution in [-0.2, 0) is 23.7 Å². The molecular weight excluding hydrogens is 757 g/mol. The number of ether oxygens (including phenoxy) is 4. The van der Waals surface area contributed by atoms with Gasteiger partial charge in [0.15, 0.2) is 6.29 Å². The molecule has 1 rings (SSSR count). The Balaban J connectivity index is 2.23. The fourth-order valence-electron chi connectivity index (χ4n) is 7.32. The Morgan fingerprint density at radius 1 is 0.533 bits per heavy atom. The number of hydrogen-bond donors (Lipinski definition) is 4. The molecule has 9 nitrogen and oxygen atoms in total. The Hall–Kier alpha value is -1.85. The van der Waals surface area contributed by atoms with Crippen molar-refractivity contribution in [3.63, 3.8) is 0 Å². The summed E-state index contributed by atoms with van der Waals surface area (Å²) >= 11 is 0. The third kappa shape index (κ3) is 32.8. The zero-order valence-corrected chi connectivity index (χ0v) is 38.5. The second-order valence-electron chi connectivity index (χ2n) is 16.9. The molecule has 60 heavy (non-hydrogen) atoms. The van der Waals surface area contributed by atoms with E-state index in [0.29, 0.717) is 13.0 Å². The number of hydrogen-bond acceptors (Lipinski definition) is 9. The Morgan fingerprint density at radius 3 is 1.47 bits per heavy atom. The molecule has 350 valence electrons. The van der Waals surface area contributed by atoms with Crippen molar-refractivity contribution in [2.75, 3.05) is 26.4 Å². The Bertz CT molecular complexity index is 1060. The van der Waals surface area contributed by atoms with Crippen LogP contribution in [0.2, 0.25) is 0 Å². The number of aliphatic hydroxyl groups is 4. The lowest BCUT2D eigenvalue weighted by Gasteiger charge is -2.39. The first kappa shape index (κ1) is 56.2. The van der Waals surface area contributed by atoms with E-state index in [4.69, 9.17) is 18.9 Å². The molecule has 1 saturated heterocycles. The topological polar surface area (TPSA) is 135 Å². The molecule has 0 aromatic rings. The van der Waals surface area contributed by atoms with Crippen molar-refractivity contribution in [1.82, 2.24) is 0 Å². The van der Waals surface area contributed by atoms with Crippen LogP contribution in [0.15, 0.2) is 48.6 Å². The van der Waals surface area contributed by atoms with Crippen molar-refractivity contribution >= 4 is 5.97 Å². The van der Waals surface area contributed by atoms with Gasteiger partial charge in [0, 0.05) is 13.0 Å². The summed E-state index contributed by atoms with van der Waals surface area (Å²) in [5, 5.41) is 40.2. The standard InChI is InChI=1S/C51H92O9/c1-3-5-7-9-11-13-15-17-19-20-21-22-23-24-25-27-29-31-33-35-37-39-41-57-43-45(44-58-51-50(56)49(55)48(54)46(42-52)60-51)59-47(53)40-38-36-34-32-30-28-26-18-16-14-12-10-8-6-4-2/h15,17-18,20-21,23-24,26,45-46,48-52,54-56H,3-14,16,19,22,25,27-44H2,1-2H3/b17-15-,21-20-,24-23-,26-18-. The number of carbonyl (C=O) groups excluding carboxylic acids is 1. The van der Waals surface area contributed by atoms with E-state index in [1.54, 1.807) is 0 Å². The number of esters is 1. The molecular formula is C51H92O9. The summed E-state index contributed by atoms with van der Waals surface area (Å²) < 4.78 is 22.8. The lowest BCUT2D eigenvalue weighted by molar-refractivity contribution is -0.305. The van der Waals surface area contributed by atoms with Crippen LogP contribution in [0.1, 0.15) is 206 Å². The van der Waals surface area contributed by atoms with Crippen molar-refractivity contribution in [3.8, 4) is 0 Å². The molecule has 0 aromatic carbocycles. The summed E-state index contributed by atoms with van der Waals surface area (Å²) in [5.74, 6) is -0.326. The number of carbonyl (C=O) groups is 1. The predicted octanol–water partition coefficient (Wildman–Crippen LogP) is 11.7. The Morgan fingerprint density at radius 2 is 0.967 bits per heavy atom. The number of rotatable bonds is 42. The van der Waals surface area contributed by atoms with Gasteiger partial charge in [-0.1, -0.05) is 172 Å². The smallest absolute Gasteiger partial charge is 0.306 e. The molecule has 0 aliphatic carbocycles. The van der Waals surface area contributed by atoms with E-state index in [1.807, 2.05) is 0 Å². The quantitative estimate of drug-likeness (QED) is 0.0269. The molecule has 1 aliphatic rings. The summed E-state index contributed by atoms with van der Waals surface area (Å²) in [5.41, 5.74) is 0. The van der Waals surface area contributed by atoms with Crippen molar-refractivity contribution in [3.05, 3.63) is 48.6 Å². The highest BCUT2D eigenvalue weighted by Crippen LogP contribution is 2.22. The van der Waals surface area contributed by atoms with E-state index in [0.717, 1.165) is 70.6 Å². The summed E-state index contributed by atoms with van der Waals surface area (Å²) in [7, 11) is 0. The Kier molecular flexibility index (Phi) is 39.7. The van der Waals surface area contributed by atoms with Gasteiger partial charge in [0.25, 0.3) is 0 Å². The zero-order valence-electron chi connectivity index (χ0n) is 38.5. The van der Waals surface area contributed by atoms with Gasteiger partial charge in [-0.3, -0.25) is 4.79 Å². The van der Waals surface area contributed by atoms with E-state index >= 15 is 0 Å². The van der Waals surface area contributed by atoms with Crippen molar-refractivity contribution in [2.45, 2.75) is 243 Å². The van der Waals surface area contributed by atoms with Crippen LogP contribution in [0.25, 0.3) is 0 Å². The average Bonchev–Trinajstić information content (AvgIpc) is 3.25. The Labute approximate surface area is 367 Å². The van der Waals surface area contributed by atoms with E-state index in [-0.39, 0.29) is 19.2 Å². The van der Waals surface area contributed by atoms with Crippen molar-refractivity contribution < 1.29 is 44.2 Å². The summed E-state index contributed by atoms with van der Waals surface area (Å²) in [6.45, 7) is 4.52. The summed E-state index contributed by atoms with van der Waals surface area (Å²) in [6, 6.07) is 0. The van der Waals surface area contributed by atoms with Crippen molar-refractivity contribution in [1.29, 1.82) is 0 Å². The molecule has 4 N–H and O–H groups in total. The molecule has 1 heterocycles. The predicted molar refractivity (Wildman–Crippen MR) is 247 cm³/mol. The van der Waals surface area contributed by atoms with Gasteiger partial charge in [0.1, 0.15) is 30.5 Å². The highest BCUT2D eigenvalue weighted by atomic mass is 16.7. The fourth-order valence-corrected chi connectivity index (χ4v) is 7.32. The SMILES string of the molecule is CCCCCCC/C=C\C/C=C\C/C=C\CCCCCCCCCOCC(COC1OC(CO)C(O)C(O)C1O)OC(=O)CCCCCCC/C=C\CCCCCCCC. The average molecular weight is 849 g/mol. The van der Waals surface area contributed by atoms with Crippen molar-refractivity contribution in [2.24, 2.45) is 0 Å². The molecule has 0 radical (unpaired) electrons. The van der Waals surface area contributed by atoms with Gasteiger partial charge >= 0.3 is 5.97 Å². The summed E-state index contributed by atoms with van der Waals surface area (Å²) in [6.07, 6.45) is 45.7. The molecule has 0 spiro atoms. The first-order chi connectivity index (χ1) is 29.4. The number of allylic oxidation sites excluding steroid dienone is 8. The van der Waals surface area contributed by atoms with E-state index in [1.165, 1.54) is 116 Å². The second kappa shape index (κ2) is 42.5. The molecule has 0 saturated carbocycles. The molecule has 1 aliphatic heterocycles. The lowest BCUT2D eigenvalue weighted by Crippen LogP contribution is -2.59. The van der Waals surface area contributed by atoms with Gasteiger partial charge in [-0.25, -0.2) is 0 Å². The van der Waals surface area contributed by atoms with Gasteiger partial charge < -0.3 is 39.4 Å². The maximum Gasteiger partial charge on any atom is 0.306 e. The van der Waals surface area contributed by atoms with Gasteiger partial charge in [-0.05, 0) is 77.0 Å². The highest BCUT2D eigenvalue weighted by molar-refractivity contribution is 5.69. The van der Waals surface area contributed by atoms with Crippen LogP contribution in [0.5, 0.6) is 0 Å². The molecule has 0 bridgehead atoms. The second-order valence-corrected chi connectivity index (χ2v) is 16.9. The molecule has 6 atom stereocenters. The maximum absolute atomic E-state index is 12.8. The van der Waals surface area contributed by atoms with E-state index in [9.17, 15) is 25.2 Å². The molecule has 0 aromatic heterocycles. The highest BCUT2D eigenvalue weighted by Gasteiger charge is 2.44. The minimum Gasteiger partial charge on any atom is -0.457 e. The zero-order chi connectivity index (χ0) is 43.6. The molecule has 6 unspecified atom stereocenters. The fraction of sp³-hybridized carbons (Fsp3) is 0.824. The first-order valence-electron chi connectivity index (χ1n) is 24.7. The number of unbranched alkanes of at least 4 members (excludes halogenated alkanes) is 23. The maximum atomic E-state index is 12.8. The largest absolute Gasteiger partial charge is 0.457 e. The lowest BCUT2D eigenvalue weighted by atomic mass is 9.99. The third-order valence-corrected chi connectivity index (χ3v) is 11.2. The van der Waals surface area contributed by atoms with Crippen LogP contribution in [0.4, 0.5) is 0 Å². The van der Waals surface area contributed by atoms with Crippen LogP contribution in [0.3, 0.4) is 0 Å². The van der Waals surface area contributed by atoms with Gasteiger partial charge in [-0.15, -0.1) is 0 Å². The third-order valence-electron chi connectivity index (χ3n) is 11.2. The van der Waals surface area contributed by atoms with Crippen LogP contribution < -0.4 is 0 Å². The first-order valence-corrected chi connectivity index (χ1v) is 24.7. The van der Waals surface area contributed by atoms with Crippen LogP contribution in [-0.4, -0.2) is 89.6 Å². The van der Waals surface area contributed by atoms with E-state index in [2.05, 4.69) is 62.5 Å². The molecule has 0 amide bonds.